The molecule has 2 saturated heterocycles. The average molecular weight is 543 g/mol. The number of piperidine rings is 1. The number of imide groups is 1. The number of fused-ring (bicyclic) bond motifs is 1. The summed E-state index contributed by atoms with van der Waals surface area (Å²) in [5, 5.41) is 3.01. The lowest BCUT2D eigenvalue weighted by Gasteiger charge is -2.29. The fourth-order valence-electron chi connectivity index (χ4n) is 5.64. The Kier molecular flexibility index (Phi) is 6.66. The van der Waals surface area contributed by atoms with Crippen LogP contribution in [0.15, 0.2) is 66.7 Å². The zero-order chi connectivity index (χ0) is 27.1. The summed E-state index contributed by atoms with van der Waals surface area (Å²) in [5.41, 5.74) is 5.17. The second-order valence-electron chi connectivity index (χ2n) is 10.2. The molecule has 3 aliphatic rings. The van der Waals surface area contributed by atoms with Gasteiger partial charge in [0, 0.05) is 48.7 Å². The van der Waals surface area contributed by atoms with E-state index in [9.17, 15) is 19.2 Å². The lowest BCUT2D eigenvalue weighted by molar-refractivity contribution is -0.136. The van der Waals surface area contributed by atoms with Gasteiger partial charge in [-0.3, -0.25) is 29.4 Å². The molecule has 0 saturated carbocycles. The van der Waals surface area contributed by atoms with Crippen LogP contribution in [0.4, 0.5) is 0 Å². The van der Waals surface area contributed by atoms with E-state index in [4.69, 9.17) is 11.6 Å². The minimum absolute atomic E-state index is 0.0850. The number of hydrogen-bond acceptors (Lipinski definition) is 5. The first-order valence-corrected chi connectivity index (χ1v) is 13.4. The summed E-state index contributed by atoms with van der Waals surface area (Å²) in [6.45, 7) is 2.83. The summed E-state index contributed by atoms with van der Waals surface area (Å²) >= 11 is 6.07. The Balaban J connectivity index is 1.13. The molecule has 1 atom stereocenters. The van der Waals surface area contributed by atoms with Crippen LogP contribution in [0, 0.1) is 0 Å². The maximum Gasteiger partial charge on any atom is 0.255 e. The minimum Gasteiger partial charge on any atom is -0.324 e. The molecule has 0 aliphatic carbocycles. The number of rotatable bonds is 5. The molecule has 2 fully saturated rings. The van der Waals surface area contributed by atoms with Gasteiger partial charge in [-0.05, 0) is 59.0 Å². The zero-order valence-corrected chi connectivity index (χ0v) is 22.0. The van der Waals surface area contributed by atoms with Crippen LogP contribution in [-0.4, -0.2) is 64.1 Å². The first-order chi connectivity index (χ1) is 18.9. The summed E-state index contributed by atoms with van der Waals surface area (Å²) in [6.07, 6.45) is 0.511. The van der Waals surface area contributed by atoms with Crippen molar-refractivity contribution in [3.63, 3.8) is 0 Å². The summed E-state index contributed by atoms with van der Waals surface area (Å²) in [5.74, 6) is -1.09. The zero-order valence-electron chi connectivity index (χ0n) is 21.2. The Morgan fingerprint density at radius 2 is 1.74 bits per heavy atom. The van der Waals surface area contributed by atoms with Crippen molar-refractivity contribution in [2.45, 2.75) is 32.0 Å². The number of halogens is 1. The smallest absolute Gasteiger partial charge is 0.255 e. The fraction of sp³-hybridized carbons (Fsp3) is 0.267. The van der Waals surface area contributed by atoms with Gasteiger partial charge in [-0.15, -0.1) is 0 Å². The third-order valence-corrected chi connectivity index (χ3v) is 7.93. The van der Waals surface area contributed by atoms with Crippen molar-refractivity contribution in [1.29, 1.82) is 0 Å². The van der Waals surface area contributed by atoms with Crippen molar-refractivity contribution in [3.8, 4) is 11.1 Å². The van der Waals surface area contributed by atoms with E-state index >= 15 is 0 Å². The van der Waals surface area contributed by atoms with Gasteiger partial charge in [0.15, 0.2) is 0 Å². The van der Waals surface area contributed by atoms with E-state index in [0.717, 1.165) is 23.2 Å². The quantitative estimate of drug-likeness (QED) is 0.497. The normalized spacial score (nSPS) is 19.4. The van der Waals surface area contributed by atoms with Gasteiger partial charge in [-0.2, -0.15) is 0 Å². The molecule has 3 heterocycles. The molecule has 3 aliphatic heterocycles. The third kappa shape index (κ3) is 4.93. The largest absolute Gasteiger partial charge is 0.324 e. The number of amides is 4. The van der Waals surface area contributed by atoms with Gasteiger partial charge >= 0.3 is 0 Å². The summed E-state index contributed by atoms with van der Waals surface area (Å²) in [7, 11) is 0. The molecule has 4 amide bonds. The summed E-state index contributed by atoms with van der Waals surface area (Å²) in [6, 6.07) is 20.5. The van der Waals surface area contributed by atoms with E-state index in [1.807, 2.05) is 41.3 Å². The number of carbonyl (C=O) groups excluding carboxylic acids is 4. The highest BCUT2D eigenvalue weighted by atomic mass is 35.5. The summed E-state index contributed by atoms with van der Waals surface area (Å²) < 4.78 is 0. The van der Waals surface area contributed by atoms with E-state index in [1.54, 1.807) is 18.2 Å². The van der Waals surface area contributed by atoms with Crippen molar-refractivity contribution in [1.82, 2.24) is 20.0 Å². The van der Waals surface area contributed by atoms with Crippen LogP contribution in [-0.2, 0) is 22.7 Å². The van der Waals surface area contributed by atoms with Crippen LogP contribution in [0.5, 0.6) is 0 Å². The lowest BCUT2D eigenvalue weighted by atomic mass is 9.99. The van der Waals surface area contributed by atoms with Gasteiger partial charge in [0.05, 0.1) is 6.67 Å². The average Bonchev–Trinajstić information content (AvgIpc) is 3.53. The predicted octanol–water partition coefficient (Wildman–Crippen LogP) is 3.68. The van der Waals surface area contributed by atoms with Crippen LogP contribution in [0.25, 0.3) is 11.1 Å². The van der Waals surface area contributed by atoms with Crippen molar-refractivity contribution in [2.24, 2.45) is 0 Å². The molecule has 1 unspecified atom stereocenters. The number of nitrogens with one attached hydrogen (secondary N) is 1. The van der Waals surface area contributed by atoms with Gasteiger partial charge in [0.1, 0.15) is 6.04 Å². The molecule has 3 aromatic carbocycles. The molecule has 0 spiro atoms. The maximum absolute atomic E-state index is 13.4. The first-order valence-electron chi connectivity index (χ1n) is 13.0. The molecule has 9 heteroatoms. The van der Waals surface area contributed by atoms with E-state index in [0.29, 0.717) is 42.3 Å². The topological polar surface area (TPSA) is 90.0 Å². The molecule has 39 heavy (non-hydrogen) atoms. The lowest BCUT2D eigenvalue weighted by Crippen LogP contribution is -2.52. The highest BCUT2D eigenvalue weighted by Gasteiger charge is 2.39. The van der Waals surface area contributed by atoms with Gasteiger partial charge in [-0.1, -0.05) is 48.0 Å². The highest BCUT2D eigenvalue weighted by molar-refractivity contribution is 6.30. The van der Waals surface area contributed by atoms with Crippen LogP contribution in [0.3, 0.4) is 0 Å². The molecule has 1 N–H and O–H groups in total. The van der Waals surface area contributed by atoms with E-state index in [2.05, 4.69) is 22.3 Å². The van der Waals surface area contributed by atoms with Crippen molar-refractivity contribution in [2.75, 3.05) is 19.8 Å². The van der Waals surface area contributed by atoms with Crippen molar-refractivity contribution >= 4 is 35.2 Å². The molecule has 8 nitrogen and oxygen atoms in total. The molecule has 6 rings (SSSR count). The maximum atomic E-state index is 13.4. The number of carbonyl (C=O) groups is 4. The molecular weight excluding hydrogens is 516 g/mol. The van der Waals surface area contributed by atoms with Gasteiger partial charge in [0.25, 0.3) is 11.8 Å². The minimum atomic E-state index is -0.676. The van der Waals surface area contributed by atoms with Crippen LogP contribution in [0.1, 0.15) is 44.7 Å². The Labute approximate surface area is 231 Å². The Hall–Kier alpha value is -4.01. The van der Waals surface area contributed by atoms with Gasteiger partial charge < -0.3 is 9.80 Å². The molecule has 0 bridgehead atoms. The summed E-state index contributed by atoms with van der Waals surface area (Å²) in [4.78, 5) is 55.8. The van der Waals surface area contributed by atoms with Crippen molar-refractivity contribution < 1.29 is 19.2 Å². The van der Waals surface area contributed by atoms with E-state index in [-0.39, 0.29) is 30.7 Å². The number of nitrogens with zero attached hydrogens (tertiary/aromatic N) is 3. The number of hydrogen-bond donors (Lipinski definition) is 1. The standard InChI is InChI=1S/C30H27ClN4O4/c31-23-8-5-19(6-9-23)24-4-2-1-3-21(24)16-33-13-14-34(18-33)29(38)20-7-10-25-22(15-20)17-35(30(25)39)26-11-12-27(36)32-28(26)37/h1-10,15,26H,11-14,16-18H2,(H,32,36,37). The first kappa shape index (κ1) is 25.3. The van der Waals surface area contributed by atoms with Crippen LogP contribution < -0.4 is 5.32 Å². The van der Waals surface area contributed by atoms with E-state index < -0.39 is 11.9 Å². The Bertz CT molecular complexity index is 1490. The SMILES string of the molecule is O=C1CCC(N2Cc3cc(C(=O)N4CCN(Cc5ccccc5-c5ccc(Cl)cc5)C4)ccc3C2=O)C(=O)N1. The Morgan fingerprint density at radius 1 is 0.949 bits per heavy atom. The van der Waals surface area contributed by atoms with Crippen molar-refractivity contribution in [3.05, 3.63) is 94.0 Å². The number of benzene rings is 3. The predicted molar refractivity (Wildman–Crippen MR) is 146 cm³/mol. The highest BCUT2D eigenvalue weighted by Crippen LogP contribution is 2.30. The molecule has 0 aromatic heterocycles. The second-order valence-corrected chi connectivity index (χ2v) is 10.6. The molecular formula is C30H27ClN4O4. The van der Waals surface area contributed by atoms with Crippen LogP contribution in [0.2, 0.25) is 5.02 Å². The molecule has 198 valence electrons. The van der Waals surface area contributed by atoms with Gasteiger partial charge in [0.2, 0.25) is 11.8 Å². The fourth-order valence-corrected chi connectivity index (χ4v) is 5.77. The van der Waals surface area contributed by atoms with Gasteiger partial charge in [-0.25, -0.2) is 0 Å². The second kappa shape index (κ2) is 10.3. The Morgan fingerprint density at radius 3 is 2.54 bits per heavy atom. The van der Waals surface area contributed by atoms with E-state index in [1.165, 1.54) is 10.5 Å². The third-order valence-electron chi connectivity index (χ3n) is 7.68. The monoisotopic (exact) mass is 542 g/mol. The molecule has 3 aromatic rings. The van der Waals surface area contributed by atoms with Crippen LogP contribution >= 0.6 is 11.6 Å². The molecule has 0 radical (unpaired) electrons.